The predicted octanol–water partition coefficient (Wildman–Crippen LogP) is 3.96. The minimum atomic E-state index is 0.214. The van der Waals surface area contributed by atoms with Gasteiger partial charge in [0.1, 0.15) is 11.3 Å². The number of hydrogen-bond acceptors (Lipinski definition) is 3. The Morgan fingerprint density at radius 2 is 1.87 bits per heavy atom. The normalized spacial score (nSPS) is 11.4. The molecule has 1 N–H and O–H groups in total. The zero-order valence-electron chi connectivity index (χ0n) is 13.1. The molecule has 4 aromatic rings. The van der Waals surface area contributed by atoms with Crippen molar-refractivity contribution in [1.82, 2.24) is 14.5 Å². The van der Waals surface area contributed by atoms with Crippen molar-refractivity contribution in [2.75, 3.05) is 0 Å². The summed E-state index contributed by atoms with van der Waals surface area (Å²) in [4.78, 5) is 8.80. The van der Waals surface area contributed by atoms with Gasteiger partial charge in [-0.3, -0.25) is 4.98 Å². The van der Waals surface area contributed by atoms with Crippen LogP contribution in [0.5, 0.6) is 5.75 Å². The molecule has 2 aromatic heterocycles. The molecule has 23 heavy (non-hydrogen) atoms. The van der Waals surface area contributed by atoms with Crippen LogP contribution >= 0.6 is 0 Å². The number of aryl methyl sites for hydroxylation is 2. The molecule has 0 bridgehead atoms. The van der Waals surface area contributed by atoms with Crippen molar-refractivity contribution < 1.29 is 5.11 Å². The fourth-order valence-electron chi connectivity index (χ4n) is 2.98. The van der Waals surface area contributed by atoms with Gasteiger partial charge in [-0.15, -0.1) is 0 Å². The summed E-state index contributed by atoms with van der Waals surface area (Å²) < 4.78 is 2.14. The lowest BCUT2D eigenvalue weighted by Gasteiger charge is -2.10. The summed E-state index contributed by atoms with van der Waals surface area (Å²) in [6.45, 7) is 4.92. The molecule has 0 fully saturated rings. The van der Waals surface area contributed by atoms with Gasteiger partial charge in [-0.25, -0.2) is 4.98 Å². The van der Waals surface area contributed by atoms with E-state index in [0.717, 1.165) is 22.0 Å². The molecule has 0 amide bonds. The molecule has 0 saturated carbocycles. The molecular weight excluding hydrogens is 286 g/mol. The molecule has 4 heteroatoms. The fourth-order valence-corrected chi connectivity index (χ4v) is 2.98. The van der Waals surface area contributed by atoms with Crippen LogP contribution in [0.1, 0.15) is 16.7 Å². The number of pyridine rings is 1. The van der Waals surface area contributed by atoms with Crippen LogP contribution in [0.25, 0.3) is 21.9 Å². The Morgan fingerprint density at radius 1 is 1.04 bits per heavy atom. The minimum Gasteiger partial charge on any atom is -0.506 e. The highest BCUT2D eigenvalue weighted by Crippen LogP contribution is 2.27. The van der Waals surface area contributed by atoms with E-state index in [1.807, 2.05) is 24.5 Å². The van der Waals surface area contributed by atoms with E-state index in [1.54, 1.807) is 12.3 Å². The lowest BCUT2D eigenvalue weighted by molar-refractivity contribution is 0.480. The molecule has 2 heterocycles. The average molecular weight is 303 g/mol. The number of benzene rings is 2. The molecule has 0 aliphatic carbocycles. The number of imidazole rings is 1. The first-order valence-corrected chi connectivity index (χ1v) is 7.61. The zero-order chi connectivity index (χ0) is 16.0. The molecule has 0 unspecified atom stereocenters. The SMILES string of the molecule is Cc1cc2ncn(Cc3ccc(O)c4ncccc34)c2cc1C. The van der Waals surface area contributed by atoms with Gasteiger partial charge < -0.3 is 9.67 Å². The van der Waals surface area contributed by atoms with Crippen molar-refractivity contribution in [3.05, 3.63) is 65.6 Å². The smallest absolute Gasteiger partial charge is 0.141 e. The van der Waals surface area contributed by atoms with Crippen molar-refractivity contribution >= 4 is 21.9 Å². The summed E-state index contributed by atoms with van der Waals surface area (Å²) >= 11 is 0. The molecule has 0 aliphatic heterocycles. The van der Waals surface area contributed by atoms with Crippen LogP contribution in [0.4, 0.5) is 0 Å². The summed E-state index contributed by atoms with van der Waals surface area (Å²) in [5.74, 6) is 0.214. The summed E-state index contributed by atoms with van der Waals surface area (Å²) in [5, 5.41) is 10.9. The maximum absolute atomic E-state index is 9.98. The number of aromatic hydroxyl groups is 1. The first-order valence-electron chi connectivity index (χ1n) is 7.61. The Balaban J connectivity index is 1.86. The lowest BCUT2D eigenvalue weighted by atomic mass is 10.1. The van der Waals surface area contributed by atoms with Crippen molar-refractivity contribution in [3.63, 3.8) is 0 Å². The van der Waals surface area contributed by atoms with Gasteiger partial charge in [-0.2, -0.15) is 0 Å². The second-order valence-corrected chi connectivity index (χ2v) is 5.94. The zero-order valence-corrected chi connectivity index (χ0v) is 13.1. The monoisotopic (exact) mass is 303 g/mol. The summed E-state index contributed by atoms with van der Waals surface area (Å²) in [7, 11) is 0. The van der Waals surface area contributed by atoms with E-state index < -0.39 is 0 Å². The van der Waals surface area contributed by atoms with Crippen molar-refractivity contribution in [2.24, 2.45) is 0 Å². The number of rotatable bonds is 2. The molecule has 0 saturated heterocycles. The van der Waals surface area contributed by atoms with Gasteiger partial charge in [0, 0.05) is 18.1 Å². The number of fused-ring (bicyclic) bond motifs is 2. The fraction of sp³-hybridized carbons (Fsp3) is 0.158. The van der Waals surface area contributed by atoms with Gasteiger partial charge in [0.15, 0.2) is 0 Å². The number of phenols is 1. The van der Waals surface area contributed by atoms with Gasteiger partial charge in [0.25, 0.3) is 0 Å². The summed E-state index contributed by atoms with van der Waals surface area (Å²) in [5.41, 5.74) is 6.40. The van der Waals surface area contributed by atoms with Crippen LogP contribution in [-0.4, -0.2) is 19.6 Å². The van der Waals surface area contributed by atoms with Crippen LogP contribution in [-0.2, 0) is 6.54 Å². The van der Waals surface area contributed by atoms with Crippen molar-refractivity contribution in [3.8, 4) is 5.75 Å². The topological polar surface area (TPSA) is 50.9 Å². The van der Waals surface area contributed by atoms with Crippen molar-refractivity contribution in [1.29, 1.82) is 0 Å². The Labute approximate surface area is 134 Å². The molecule has 0 atom stereocenters. The van der Waals surface area contributed by atoms with Crippen LogP contribution in [0.3, 0.4) is 0 Å². The maximum Gasteiger partial charge on any atom is 0.141 e. The molecule has 0 aliphatic rings. The van der Waals surface area contributed by atoms with E-state index in [4.69, 9.17) is 0 Å². The minimum absolute atomic E-state index is 0.214. The molecule has 0 spiro atoms. The van der Waals surface area contributed by atoms with Crippen LogP contribution in [0.2, 0.25) is 0 Å². The Morgan fingerprint density at radius 3 is 2.74 bits per heavy atom. The second-order valence-electron chi connectivity index (χ2n) is 5.94. The van der Waals surface area contributed by atoms with Crippen molar-refractivity contribution in [2.45, 2.75) is 20.4 Å². The van der Waals surface area contributed by atoms with Gasteiger partial charge in [-0.1, -0.05) is 12.1 Å². The number of nitrogens with zero attached hydrogens (tertiary/aromatic N) is 3. The van der Waals surface area contributed by atoms with E-state index in [0.29, 0.717) is 12.1 Å². The second kappa shape index (κ2) is 5.09. The lowest BCUT2D eigenvalue weighted by Crippen LogP contribution is -1.99. The van der Waals surface area contributed by atoms with Gasteiger partial charge in [-0.05, 0) is 54.8 Å². The van der Waals surface area contributed by atoms with Gasteiger partial charge in [0.2, 0.25) is 0 Å². The maximum atomic E-state index is 9.98. The van der Waals surface area contributed by atoms with E-state index >= 15 is 0 Å². The number of aromatic nitrogens is 3. The van der Waals surface area contributed by atoms with E-state index in [9.17, 15) is 5.11 Å². The first kappa shape index (κ1) is 13.8. The summed E-state index contributed by atoms with van der Waals surface area (Å²) in [6, 6.07) is 11.8. The molecular formula is C19H17N3O. The Bertz CT molecular complexity index is 1030. The average Bonchev–Trinajstić information content (AvgIpc) is 2.93. The largest absolute Gasteiger partial charge is 0.506 e. The first-order chi connectivity index (χ1) is 11.1. The standard InChI is InChI=1S/C19H17N3O/c1-12-8-16-17(9-13(12)2)22(11-21-16)10-14-5-6-18(23)19-15(14)4-3-7-20-19/h3-9,11,23H,10H2,1-2H3. The molecule has 0 radical (unpaired) electrons. The van der Waals surface area contributed by atoms with E-state index in [2.05, 4.69) is 40.5 Å². The Kier molecular flexibility index (Phi) is 3.05. The number of phenolic OH excluding ortho intramolecular Hbond substituents is 1. The summed E-state index contributed by atoms with van der Waals surface area (Å²) in [6.07, 6.45) is 3.57. The third kappa shape index (κ3) is 2.23. The molecule has 4 rings (SSSR count). The van der Waals surface area contributed by atoms with Crippen LogP contribution in [0.15, 0.2) is 48.9 Å². The highest BCUT2D eigenvalue weighted by Gasteiger charge is 2.09. The highest BCUT2D eigenvalue weighted by atomic mass is 16.3. The highest BCUT2D eigenvalue weighted by molar-refractivity contribution is 5.87. The van der Waals surface area contributed by atoms with Crippen LogP contribution in [0, 0.1) is 13.8 Å². The molecule has 4 nitrogen and oxygen atoms in total. The molecule has 114 valence electrons. The van der Waals surface area contributed by atoms with E-state index in [1.165, 1.54) is 11.1 Å². The van der Waals surface area contributed by atoms with E-state index in [-0.39, 0.29) is 5.75 Å². The van der Waals surface area contributed by atoms with Crippen LogP contribution < -0.4 is 0 Å². The third-order valence-electron chi connectivity index (χ3n) is 4.42. The molecule has 2 aromatic carbocycles. The number of hydrogen-bond donors (Lipinski definition) is 1. The predicted molar refractivity (Wildman–Crippen MR) is 91.7 cm³/mol. The Hall–Kier alpha value is -2.88. The van der Waals surface area contributed by atoms with Gasteiger partial charge in [0.05, 0.1) is 17.4 Å². The quantitative estimate of drug-likeness (QED) is 0.610. The third-order valence-corrected chi connectivity index (χ3v) is 4.42. The van der Waals surface area contributed by atoms with Gasteiger partial charge >= 0.3 is 0 Å².